The van der Waals surface area contributed by atoms with E-state index in [0.29, 0.717) is 6.04 Å². The number of rotatable bonds is 4. The number of nitrogens with one attached hydrogen (secondary N) is 1. The highest BCUT2D eigenvalue weighted by molar-refractivity contribution is 5.47. The topological polar surface area (TPSA) is 24.5 Å². The van der Waals surface area contributed by atoms with Crippen molar-refractivity contribution in [3.8, 4) is 5.75 Å². The molecule has 1 N–H and O–H groups in total. The average molecular weight is 252 g/mol. The maximum atomic E-state index is 13.5. The fourth-order valence-corrected chi connectivity index (χ4v) is 2.41. The molecule has 0 bridgehead atoms. The van der Waals surface area contributed by atoms with Gasteiger partial charge in [0.2, 0.25) is 0 Å². The van der Waals surface area contributed by atoms with E-state index in [-0.39, 0.29) is 11.6 Å². The number of methoxy groups -OCH3 is 1. The second-order valence-electron chi connectivity index (χ2n) is 4.86. The maximum absolute atomic E-state index is 13.5. The molecule has 1 heterocycles. The van der Waals surface area contributed by atoms with Crippen molar-refractivity contribution in [2.24, 2.45) is 0 Å². The van der Waals surface area contributed by atoms with Gasteiger partial charge in [-0.2, -0.15) is 0 Å². The number of likely N-dealkylation sites (N-methyl/N-ethyl adjacent to an activating group) is 1. The Morgan fingerprint density at radius 2 is 2.28 bits per heavy atom. The highest BCUT2D eigenvalue weighted by Crippen LogP contribution is 2.21. The first-order valence-electron chi connectivity index (χ1n) is 6.48. The molecule has 1 aromatic carbocycles. The minimum atomic E-state index is -0.320. The predicted octanol–water partition coefficient (Wildman–Crippen LogP) is 2.73. The number of hydrogen-bond acceptors (Lipinski definition) is 3. The second kappa shape index (κ2) is 6.05. The van der Waals surface area contributed by atoms with E-state index in [1.807, 2.05) is 6.07 Å². The summed E-state index contributed by atoms with van der Waals surface area (Å²) in [5.41, 5.74) is 0.812. The molecule has 3 nitrogen and oxygen atoms in total. The van der Waals surface area contributed by atoms with E-state index < -0.39 is 0 Å². The largest absolute Gasteiger partial charge is 0.494 e. The summed E-state index contributed by atoms with van der Waals surface area (Å²) in [5, 5.41) is 3.30. The zero-order valence-electron chi connectivity index (χ0n) is 11.1. The summed E-state index contributed by atoms with van der Waals surface area (Å²) in [5.74, 6) is -0.0326. The molecular weight excluding hydrogens is 231 g/mol. The Labute approximate surface area is 108 Å². The van der Waals surface area contributed by atoms with Crippen LogP contribution in [-0.4, -0.2) is 38.2 Å². The van der Waals surface area contributed by atoms with Crippen LogP contribution in [0.1, 0.15) is 19.3 Å². The number of likely N-dealkylation sites (tertiary alicyclic amines) is 1. The first-order chi connectivity index (χ1) is 8.70. The van der Waals surface area contributed by atoms with Gasteiger partial charge < -0.3 is 15.0 Å². The lowest BCUT2D eigenvalue weighted by molar-refractivity contribution is 0.194. The Kier molecular flexibility index (Phi) is 4.42. The van der Waals surface area contributed by atoms with E-state index in [1.165, 1.54) is 32.4 Å². The van der Waals surface area contributed by atoms with E-state index in [1.54, 1.807) is 6.07 Å². The number of piperidine rings is 1. The van der Waals surface area contributed by atoms with Crippen molar-refractivity contribution >= 4 is 5.69 Å². The summed E-state index contributed by atoms with van der Waals surface area (Å²) in [4.78, 5) is 2.37. The molecule has 1 atom stereocenters. The first kappa shape index (κ1) is 13.1. The molecule has 4 heteroatoms. The lowest BCUT2D eigenvalue weighted by Gasteiger charge is -2.32. The van der Waals surface area contributed by atoms with Gasteiger partial charge in [-0.15, -0.1) is 0 Å². The van der Waals surface area contributed by atoms with Crippen LogP contribution < -0.4 is 10.1 Å². The monoisotopic (exact) mass is 252 g/mol. The zero-order valence-corrected chi connectivity index (χ0v) is 11.1. The molecule has 0 saturated carbocycles. The van der Waals surface area contributed by atoms with Crippen LogP contribution in [0.2, 0.25) is 0 Å². The summed E-state index contributed by atoms with van der Waals surface area (Å²) in [6.45, 7) is 2.02. The van der Waals surface area contributed by atoms with Crippen molar-refractivity contribution in [1.29, 1.82) is 0 Å². The number of anilines is 1. The number of hydrogen-bond donors (Lipinski definition) is 1. The Morgan fingerprint density at radius 1 is 1.44 bits per heavy atom. The highest BCUT2D eigenvalue weighted by atomic mass is 19.1. The van der Waals surface area contributed by atoms with E-state index in [9.17, 15) is 4.39 Å². The lowest BCUT2D eigenvalue weighted by Crippen LogP contribution is -2.40. The van der Waals surface area contributed by atoms with Crippen molar-refractivity contribution in [3.63, 3.8) is 0 Å². The minimum Gasteiger partial charge on any atom is -0.494 e. The van der Waals surface area contributed by atoms with Gasteiger partial charge in [-0.1, -0.05) is 6.42 Å². The van der Waals surface area contributed by atoms with E-state index in [4.69, 9.17) is 4.74 Å². The van der Waals surface area contributed by atoms with Gasteiger partial charge in [-0.25, -0.2) is 4.39 Å². The van der Waals surface area contributed by atoms with Crippen LogP contribution in [0.15, 0.2) is 18.2 Å². The molecule has 18 heavy (non-hydrogen) atoms. The molecule has 1 aliphatic heterocycles. The van der Waals surface area contributed by atoms with Crippen LogP contribution in [0.25, 0.3) is 0 Å². The number of benzene rings is 1. The van der Waals surface area contributed by atoms with Crippen molar-refractivity contribution in [1.82, 2.24) is 4.90 Å². The van der Waals surface area contributed by atoms with Crippen LogP contribution in [-0.2, 0) is 0 Å². The van der Waals surface area contributed by atoms with Gasteiger partial charge in [0.1, 0.15) is 0 Å². The standard InChI is InChI=1S/C14H21FN2O/c1-17-8-4-3-5-12(17)10-16-11-6-7-14(18-2)13(15)9-11/h6-7,9,12,16H,3-5,8,10H2,1-2H3. The summed E-state index contributed by atoms with van der Waals surface area (Å²) in [6.07, 6.45) is 3.78. The molecule has 1 unspecified atom stereocenters. The van der Waals surface area contributed by atoms with Crippen LogP contribution in [0.3, 0.4) is 0 Å². The maximum Gasteiger partial charge on any atom is 0.167 e. The first-order valence-corrected chi connectivity index (χ1v) is 6.48. The molecule has 2 rings (SSSR count). The third kappa shape index (κ3) is 3.13. The van der Waals surface area contributed by atoms with Crippen molar-refractivity contribution in [2.45, 2.75) is 25.3 Å². The van der Waals surface area contributed by atoms with Crippen LogP contribution in [0.5, 0.6) is 5.75 Å². The lowest BCUT2D eigenvalue weighted by atomic mass is 10.0. The van der Waals surface area contributed by atoms with Crippen LogP contribution >= 0.6 is 0 Å². The van der Waals surface area contributed by atoms with E-state index in [0.717, 1.165) is 18.8 Å². The minimum absolute atomic E-state index is 0.287. The Morgan fingerprint density at radius 3 is 2.94 bits per heavy atom. The molecule has 1 saturated heterocycles. The SMILES string of the molecule is COc1ccc(NCC2CCCCN2C)cc1F. The van der Waals surface area contributed by atoms with Gasteiger partial charge in [0.05, 0.1) is 7.11 Å². The molecule has 0 aliphatic carbocycles. The average Bonchev–Trinajstić information content (AvgIpc) is 2.38. The normalized spacial score (nSPS) is 20.7. The molecule has 1 aliphatic rings. The van der Waals surface area contributed by atoms with Gasteiger partial charge in [0.25, 0.3) is 0 Å². The number of ether oxygens (including phenoxy) is 1. The highest BCUT2D eigenvalue weighted by Gasteiger charge is 2.18. The van der Waals surface area contributed by atoms with Gasteiger partial charge in [0.15, 0.2) is 11.6 Å². The number of halogens is 1. The Balaban J connectivity index is 1.91. The van der Waals surface area contributed by atoms with Crippen molar-refractivity contribution in [2.75, 3.05) is 32.6 Å². The van der Waals surface area contributed by atoms with Crippen LogP contribution in [0, 0.1) is 5.82 Å². The van der Waals surface area contributed by atoms with Gasteiger partial charge >= 0.3 is 0 Å². The summed E-state index contributed by atoms with van der Waals surface area (Å²) in [6, 6.07) is 5.54. The van der Waals surface area contributed by atoms with E-state index in [2.05, 4.69) is 17.3 Å². The van der Waals surface area contributed by atoms with Gasteiger partial charge in [-0.05, 0) is 38.6 Å². The molecule has 0 aromatic heterocycles. The van der Waals surface area contributed by atoms with Crippen molar-refractivity contribution < 1.29 is 9.13 Å². The Bertz CT molecular complexity index is 397. The fourth-order valence-electron chi connectivity index (χ4n) is 2.41. The van der Waals surface area contributed by atoms with Crippen LogP contribution in [0.4, 0.5) is 10.1 Å². The van der Waals surface area contributed by atoms with Gasteiger partial charge in [0, 0.05) is 24.3 Å². The van der Waals surface area contributed by atoms with Crippen molar-refractivity contribution in [3.05, 3.63) is 24.0 Å². The number of nitrogens with zero attached hydrogens (tertiary/aromatic N) is 1. The predicted molar refractivity (Wildman–Crippen MR) is 71.7 cm³/mol. The molecule has 0 radical (unpaired) electrons. The quantitative estimate of drug-likeness (QED) is 0.891. The molecule has 1 aromatic rings. The zero-order chi connectivity index (χ0) is 13.0. The van der Waals surface area contributed by atoms with E-state index >= 15 is 0 Å². The summed E-state index contributed by atoms with van der Waals surface area (Å²) < 4.78 is 18.4. The third-order valence-electron chi connectivity index (χ3n) is 3.62. The molecule has 100 valence electrons. The molecule has 1 fully saturated rings. The molecule has 0 spiro atoms. The Hall–Kier alpha value is -1.29. The molecular formula is C14H21FN2O. The molecule has 0 amide bonds. The summed E-state index contributed by atoms with van der Waals surface area (Å²) in [7, 11) is 3.63. The second-order valence-corrected chi connectivity index (χ2v) is 4.86. The smallest absolute Gasteiger partial charge is 0.167 e. The summed E-state index contributed by atoms with van der Waals surface area (Å²) >= 11 is 0. The third-order valence-corrected chi connectivity index (χ3v) is 3.62. The van der Waals surface area contributed by atoms with Gasteiger partial charge in [-0.3, -0.25) is 0 Å². The fraction of sp³-hybridized carbons (Fsp3) is 0.571.